The Morgan fingerprint density at radius 2 is 1.18 bits per heavy atom. The molecule has 3 rings (SSSR count). The second kappa shape index (κ2) is 30.4. The zero-order valence-electron chi connectivity index (χ0n) is 40.8. The van der Waals surface area contributed by atoms with E-state index < -0.39 is 68.4 Å². The Bertz CT molecular complexity index is 2310. The van der Waals surface area contributed by atoms with Crippen LogP contribution in [0.25, 0.3) is 0 Å². The normalized spacial score (nSPS) is 12.5. The number of carboxylic acid groups (broad SMARTS) is 3. The zero-order valence-corrected chi connectivity index (χ0v) is 41.7. The highest BCUT2D eigenvalue weighted by atomic mass is 31.2. The van der Waals surface area contributed by atoms with Crippen LogP contribution in [0.1, 0.15) is 128 Å². The molecular weight excluding hydrogens is 952 g/mol. The van der Waals surface area contributed by atoms with Crippen LogP contribution in [0.3, 0.4) is 0 Å². The summed E-state index contributed by atoms with van der Waals surface area (Å²) < 4.78 is 25.0. The summed E-state index contributed by atoms with van der Waals surface area (Å²) in [4.78, 5) is 113. The number of carboxylic acids is 3. The van der Waals surface area contributed by atoms with Crippen molar-refractivity contribution in [3.63, 3.8) is 0 Å². The number of aryl methyl sites for hydroxylation is 3. The fourth-order valence-electron chi connectivity index (χ4n) is 7.50. The number of nitrogens with one attached hydrogen (secondary N) is 5. The Morgan fingerprint density at radius 1 is 0.648 bits per heavy atom. The number of carbonyl (C=O) groups is 8. The van der Waals surface area contributed by atoms with Crippen LogP contribution in [-0.4, -0.2) is 138 Å². The molecule has 26 heteroatoms. The van der Waals surface area contributed by atoms with Crippen molar-refractivity contribution in [1.29, 1.82) is 0 Å². The summed E-state index contributed by atoms with van der Waals surface area (Å²) in [5.41, 5.74) is 1.27. The van der Waals surface area contributed by atoms with Gasteiger partial charge in [0.25, 0.3) is 17.7 Å². The standard InChI is InChI=1S/C45H69N10O15P/c1-52-26-32(24-34(52)43(64)47-18-13-11-9-7-5-6-8-10-12-14-21-70-71(67,68)69-4)48-44(65)35-25-33(27-53(35)2)49-45(66)42-51-36(28-54(42)3)50-37(56)16-15-19-46-38(57)22-31(23-39(58)59)17-20-55(29-40(60)61)30-41(62)63/h24-28,31H,5-23,29-30H2,1-4H3,(H,46,57)(H,47,64)(H,48,65)(H,49,66)(H,50,56)(H,58,59)(H,60,61)(H,62,63)(H,67,68). The Labute approximate surface area is 411 Å². The molecule has 0 radical (unpaired) electrons. The van der Waals surface area contributed by atoms with E-state index in [0.717, 1.165) is 69.8 Å². The number of phosphoric acid groups is 1. The number of rotatable bonds is 36. The van der Waals surface area contributed by atoms with E-state index in [0.29, 0.717) is 30.0 Å². The van der Waals surface area contributed by atoms with E-state index in [9.17, 15) is 52.9 Å². The van der Waals surface area contributed by atoms with Crippen molar-refractivity contribution in [2.24, 2.45) is 27.1 Å². The van der Waals surface area contributed by atoms with E-state index in [-0.39, 0.29) is 75.0 Å². The number of unbranched alkanes of at least 4 members (excludes halogenated alkanes) is 9. The third kappa shape index (κ3) is 22.9. The van der Waals surface area contributed by atoms with Crippen molar-refractivity contribution < 1.29 is 72.2 Å². The maximum Gasteiger partial charge on any atom is 0.471 e. The number of amides is 5. The highest BCUT2D eigenvalue weighted by molar-refractivity contribution is 7.47. The van der Waals surface area contributed by atoms with E-state index in [1.54, 1.807) is 38.0 Å². The van der Waals surface area contributed by atoms with Gasteiger partial charge in [0.1, 0.15) is 11.4 Å². The van der Waals surface area contributed by atoms with Crippen molar-refractivity contribution in [3.05, 3.63) is 47.9 Å². The fraction of sp³-hybridized carbons (Fsp3) is 0.578. The van der Waals surface area contributed by atoms with Gasteiger partial charge in [0.2, 0.25) is 17.6 Å². The number of carbonyl (C=O) groups excluding carboxylic acids is 5. The van der Waals surface area contributed by atoms with Gasteiger partial charge in [-0.1, -0.05) is 51.4 Å². The van der Waals surface area contributed by atoms with Gasteiger partial charge in [0.05, 0.1) is 31.1 Å². The average Bonchev–Trinajstić information content (AvgIpc) is 3.97. The summed E-state index contributed by atoms with van der Waals surface area (Å²) in [7, 11) is 2.13. The van der Waals surface area contributed by atoms with E-state index in [2.05, 4.69) is 36.1 Å². The summed E-state index contributed by atoms with van der Waals surface area (Å²) in [6.45, 7) is -0.371. The van der Waals surface area contributed by atoms with Gasteiger partial charge < -0.3 is 60.5 Å². The number of nitrogens with zero attached hydrogens (tertiary/aromatic N) is 5. The third-order valence-electron chi connectivity index (χ3n) is 11.1. The number of anilines is 3. The molecule has 25 nitrogen and oxygen atoms in total. The molecule has 71 heavy (non-hydrogen) atoms. The number of imidazole rings is 1. The molecule has 394 valence electrons. The molecule has 2 atom stereocenters. The Balaban J connectivity index is 1.37. The minimum Gasteiger partial charge on any atom is -0.481 e. The highest BCUT2D eigenvalue weighted by Gasteiger charge is 2.23. The van der Waals surface area contributed by atoms with Crippen LogP contribution in [0, 0.1) is 5.92 Å². The molecule has 3 heterocycles. The summed E-state index contributed by atoms with van der Waals surface area (Å²) in [5.74, 6) is -6.64. The largest absolute Gasteiger partial charge is 0.481 e. The van der Waals surface area contributed by atoms with Gasteiger partial charge in [-0.3, -0.25) is 52.3 Å². The minimum absolute atomic E-state index is 0.0380. The van der Waals surface area contributed by atoms with Crippen LogP contribution in [0.15, 0.2) is 30.7 Å². The molecule has 0 aliphatic heterocycles. The van der Waals surface area contributed by atoms with Gasteiger partial charge in [-0.05, 0) is 50.3 Å². The Kier molecular flexibility index (Phi) is 25.2. The molecule has 5 amide bonds. The SMILES string of the molecule is COP(=O)(O)OCCCCCCCCCCCCNC(=O)c1cc(NC(=O)c2cc(NC(=O)c3nc(NC(=O)CCCNC(=O)CC(CCN(CC(=O)O)CC(=O)O)CC(=O)O)cn3C)cn2C)cn1C. The topological polar surface area (TPSA) is 344 Å². The monoisotopic (exact) mass is 1020 g/mol. The summed E-state index contributed by atoms with van der Waals surface area (Å²) in [6.07, 6.45) is 14.2. The Morgan fingerprint density at radius 3 is 1.75 bits per heavy atom. The van der Waals surface area contributed by atoms with Crippen LogP contribution in [0.2, 0.25) is 0 Å². The summed E-state index contributed by atoms with van der Waals surface area (Å²) in [6, 6.07) is 3.05. The molecule has 3 aromatic heterocycles. The minimum atomic E-state index is -3.89. The molecule has 0 aromatic carbocycles. The lowest BCUT2D eigenvalue weighted by atomic mass is 9.96. The fourth-order valence-corrected chi connectivity index (χ4v) is 7.97. The number of hydrogen-bond acceptors (Lipinski definition) is 13. The quantitative estimate of drug-likeness (QED) is 0.0291. The van der Waals surface area contributed by atoms with Crippen molar-refractivity contribution in [1.82, 2.24) is 34.2 Å². The lowest BCUT2D eigenvalue weighted by Gasteiger charge is -2.21. The lowest BCUT2D eigenvalue weighted by molar-refractivity contribution is -0.143. The van der Waals surface area contributed by atoms with Crippen molar-refractivity contribution in [2.45, 2.75) is 96.3 Å². The van der Waals surface area contributed by atoms with Gasteiger partial charge in [0.15, 0.2) is 5.82 Å². The molecule has 0 bridgehead atoms. The highest BCUT2D eigenvalue weighted by Crippen LogP contribution is 2.42. The van der Waals surface area contributed by atoms with Crippen LogP contribution in [-0.2, 0) is 58.7 Å². The smallest absolute Gasteiger partial charge is 0.471 e. The number of aliphatic carboxylic acids is 3. The van der Waals surface area contributed by atoms with Gasteiger partial charge in [-0.25, -0.2) is 9.55 Å². The van der Waals surface area contributed by atoms with E-state index >= 15 is 0 Å². The molecule has 0 saturated carbocycles. The van der Waals surface area contributed by atoms with Crippen molar-refractivity contribution in [2.75, 3.05) is 62.4 Å². The molecule has 0 aliphatic rings. The molecule has 3 aromatic rings. The van der Waals surface area contributed by atoms with Crippen LogP contribution in [0.5, 0.6) is 0 Å². The zero-order chi connectivity index (χ0) is 52.5. The Hall–Kier alpha value is -6.40. The van der Waals surface area contributed by atoms with Crippen molar-refractivity contribution in [3.8, 4) is 0 Å². The molecule has 2 unspecified atom stereocenters. The van der Waals surface area contributed by atoms with E-state index in [1.807, 2.05) is 0 Å². The van der Waals surface area contributed by atoms with Gasteiger partial charge in [-0.15, -0.1) is 0 Å². The second-order valence-corrected chi connectivity index (χ2v) is 18.7. The summed E-state index contributed by atoms with van der Waals surface area (Å²) in [5, 5.41) is 41.0. The maximum absolute atomic E-state index is 13.3. The van der Waals surface area contributed by atoms with E-state index in [4.69, 9.17) is 14.7 Å². The van der Waals surface area contributed by atoms with Gasteiger partial charge in [0, 0.05) is 79.2 Å². The molecule has 0 saturated heterocycles. The molecule has 0 aliphatic carbocycles. The third-order valence-corrected chi connectivity index (χ3v) is 12.1. The van der Waals surface area contributed by atoms with Crippen LogP contribution in [0.4, 0.5) is 17.2 Å². The maximum atomic E-state index is 13.3. The molecular formula is C45H69N10O15P. The number of aromatic nitrogens is 4. The first-order chi connectivity index (χ1) is 33.7. The average molecular weight is 1020 g/mol. The molecule has 9 N–H and O–H groups in total. The van der Waals surface area contributed by atoms with Crippen molar-refractivity contribution >= 4 is 72.5 Å². The molecule has 0 spiro atoms. The van der Waals surface area contributed by atoms with Gasteiger partial charge >= 0.3 is 25.7 Å². The predicted octanol–water partition coefficient (Wildman–Crippen LogP) is 4.17. The van der Waals surface area contributed by atoms with Crippen LogP contribution < -0.4 is 26.6 Å². The first kappa shape index (κ1) is 58.9. The molecule has 0 fully saturated rings. The summed E-state index contributed by atoms with van der Waals surface area (Å²) >= 11 is 0. The number of hydrogen-bond donors (Lipinski definition) is 9. The van der Waals surface area contributed by atoms with E-state index in [1.165, 1.54) is 27.6 Å². The lowest BCUT2D eigenvalue weighted by Crippen LogP contribution is -2.36. The van der Waals surface area contributed by atoms with Crippen LogP contribution >= 0.6 is 7.82 Å². The number of phosphoric ester groups is 1. The predicted molar refractivity (Wildman–Crippen MR) is 259 cm³/mol. The first-order valence-corrected chi connectivity index (χ1v) is 24.9. The first-order valence-electron chi connectivity index (χ1n) is 23.4. The second-order valence-electron chi connectivity index (χ2n) is 17.2. The van der Waals surface area contributed by atoms with Gasteiger partial charge in [-0.2, -0.15) is 0 Å².